The Morgan fingerprint density at radius 1 is 0.974 bits per heavy atom. The van der Waals surface area contributed by atoms with Gasteiger partial charge in [-0.1, -0.05) is 25.4 Å². The van der Waals surface area contributed by atoms with Crippen LogP contribution in [-0.2, 0) is 7.05 Å². The molecular weight excluding hydrogens is 504 g/mol. The van der Waals surface area contributed by atoms with Crippen molar-refractivity contribution in [3.8, 4) is 28.4 Å². The highest BCUT2D eigenvalue weighted by Crippen LogP contribution is 2.38. The van der Waals surface area contributed by atoms with Crippen LogP contribution in [0.15, 0.2) is 59.5 Å². The zero-order chi connectivity index (χ0) is 27.2. The number of aryl methyl sites for hydroxylation is 1. The third-order valence-corrected chi connectivity index (χ3v) is 6.95. The average molecular weight is 537 g/mol. The molecule has 9 heteroatoms. The second-order valence-electron chi connectivity index (χ2n) is 8.77. The molecule has 0 atom stereocenters. The fraction of sp³-hybridized carbons (Fsp3) is 0.310. The minimum absolute atomic E-state index is 0.196. The van der Waals surface area contributed by atoms with Crippen LogP contribution in [0.1, 0.15) is 13.8 Å². The molecule has 8 nitrogen and oxygen atoms in total. The second kappa shape index (κ2) is 12.2. The Bertz CT molecular complexity index is 1470. The Hall–Kier alpha value is -3.75. The first-order chi connectivity index (χ1) is 18.4. The predicted octanol–water partition coefficient (Wildman–Crippen LogP) is 5.74. The van der Waals surface area contributed by atoms with Crippen LogP contribution in [-0.4, -0.2) is 54.9 Å². The number of hydrogen-bond acceptors (Lipinski definition) is 7. The summed E-state index contributed by atoms with van der Waals surface area (Å²) in [5.41, 5.74) is 2.37. The molecule has 0 amide bonds. The first kappa shape index (κ1) is 27.3. The summed E-state index contributed by atoms with van der Waals surface area (Å²) in [5.74, 6) is 2.41. The fourth-order valence-electron chi connectivity index (χ4n) is 4.28. The second-order valence-corrected chi connectivity index (χ2v) is 9.14. The Morgan fingerprint density at radius 2 is 1.71 bits per heavy atom. The van der Waals surface area contributed by atoms with Crippen LogP contribution < -0.4 is 25.1 Å². The number of methoxy groups -OCH3 is 2. The summed E-state index contributed by atoms with van der Waals surface area (Å²) in [6, 6.07) is 14.8. The Kier molecular flexibility index (Phi) is 8.76. The minimum Gasteiger partial charge on any atom is -0.497 e. The van der Waals surface area contributed by atoms with Gasteiger partial charge in [-0.3, -0.25) is 4.79 Å². The molecule has 0 aliphatic rings. The van der Waals surface area contributed by atoms with Crippen molar-refractivity contribution in [2.45, 2.75) is 13.8 Å². The summed E-state index contributed by atoms with van der Waals surface area (Å²) in [6.45, 7) is 7.86. The van der Waals surface area contributed by atoms with Crippen molar-refractivity contribution in [2.75, 3.05) is 45.8 Å². The van der Waals surface area contributed by atoms with Gasteiger partial charge in [0.05, 0.1) is 24.8 Å². The van der Waals surface area contributed by atoms with E-state index in [2.05, 4.69) is 29.0 Å². The Balaban J connectivity index is 1.57. The molecule has 0 fully saturated rings. The molecule has 2 heterocycles. The number of fused-ring (bicyclic) bond motifs is 1. The van der Waals surface area contributed by atoms with Crippen LogP contribution in [0.5, 0.6) is 17.2 Å². The van der Waals surface area contributed by atoms with Crippen LogP contribution in [0.3, 0.4) is 0 Å². The van der Waals surface area contributed by atoms with Crippen molar-refractivity contribution in [1.29, 1.82) is 0 Å². The molecule has 0 bridgehead atoms. The maximum absolute atomic E-state index is 13.4. The largest absolute Gasteiger partial charge is 0.497 e. The van der Waals surface area contributed by atoms with Crippen molar-refractivity contribution < 1.29 is 14.2 Å². The van der Waals surface area contributed by atoms with E-state index in [1.54, 1.807) is 43.1 Å². The molecule has 0 radical (unpaired) electrons. The summed E-state index contributed by atoms with van der Waals surface area (Å²) < 4.78 is 18.2. The van der Waals surface area contributed by atoms with Gasteiger partial charge in [0.15, 0.2) is 0 Å². The van der Waals surface area contributed by atoms with E-state index in [-0.39, 0.29) is 5.56 Å². The van der Waals surface area contributed by atoms with E-state index in [0.29, 0.717) is 40.1 Å². The number of pyridine rings is 2. The van der Waals surface area contributed by atoms with Gasteiger partial charge in [0.25, 0.3) is 5.56 Å². The molecule has 2 aromatic heterocycles. The molecule has 0 unspecified atom stereocenters. The lowest BCUT2D eigenvalue weighted by molar-refractivity contribution is 0.223. The van der Waals surface area contributed by atoms with E-state index >= 15 is 0 Å². The number of nitrogens with one attached hydrogen (secondary N) is 1. The zero-order valence-electron chi connectivity index (χ0n) is 22.4. The van der Waals surface area contributed by atoms with E-state index < -0.39 is 0 Å². The van der Waals surface area contributed by atoms with Gasteiger partial charge in [0.2, 0.25) is 0 Å². The smallest absolute Gasteiger partial charge is 0.258 e. The number of benzene rings is 2. The van der Waals surface area contributed by atoms with E-state index in [4.69, 9.17) is 25.8 Å². The number of halogens is 1. The molecule has 38 heavy (non-hydrogen) atoms. The lowest BCUT2D eigenvalue weighted by atomic mass is 10.0. The normalized spacial score (nSPS) is 11.1. The Labute approximate surface area is 227 Å². The van der Waals surface area contributed by atoms with Crippen molar-refractivity contribution in [3.05, 3.63) is 70.1 Å². The molecule has 4 rings (SSSR count). The van der Waals surface area contributed by atoms with E-state index in [1.165, 1.54) is 7.11 Å². The average Bonchev–Trinajstić information content (AvgIpc) is 2.94. The molecule has 0 saturated carbocycles. The Morgan fingerprint density at radius 3 is 2.37 bits per heavy atom. The van der Waals surface area contributed by atoms with E-state index in [1.807, 2.05) is 30.3 Å². The van der Waals surface area contributed by atoms with Crippen molar-refractivity contribution in [2.24, 2.45) is 7.05 Å². The van der Waals surface area contributed by atoms with Gasteiger partial charge in [-0.15, -0.1) is 0 Å². The first-order valence-corrected chi connectivity index (χ1v) is 12.9. The van der Waals surface area contributed by atoms with Gasteiger partial charge in [-0.25, -0.2) is 4.98 Å². The fourth-order valence-corrected chi connectivity index (χ4v) is 4.56. The number of nitrogens with zero attached hydrogens (tertiary/aromatic N) is 3. The lowest BCUT2D eigenvalue weighted by Gasteiger charge is -2.18. The van der Waals surface area contributed by atoms with Crippen molar-refractivity contribution >= 4 is 34.0 Å². The van der Waals surface area contributed by atoms with Crippen LogP contribution in [0.2, 0.25) is 5.02 Å². The summed E-state index contributed by atoms with van der Waals surface area (Å²) >= 11 is 6.56. The molecule has 0 spiro atoms. The van der Waals surface area contributed by atoms with E-state index in [0.717, 1.165) is 42.0 Å². The highest BCUT2D eigenvalue weighted by molar-refractivity contribution is 6.35. The molecular formula is C29H33ClN4O4. The third kappa shape index (κ3) is 5.87. The summed E-state index contributed by atoms with van der Waals surface area (Å²) in [4.78, 5) is 20.3. The van der Waals surface area contributed by atoms with Crippen LogP contribution in [0.4, 0.5) is 11.5 Å². The molecule has 200 valence electrons. The first-order valence-electron chi connectivity index (χ1n) is 12.5. The molecule has 1 N–H and O–H groups in total. The number of aromatic nitrogens is 2. The van der Waals surface area contributed by atoms with Gasteiger partial charge in [-0.05, 0) is 49.5 Å². The molecule has 0 saturated heterocycles. The summed E-state index contributed by atoms with van der Waals surface area (Å²) in [5, 5.41) is 4.44. The van der Waals surface area contributed by atoms with Gasteiger partial charge < -0.3 is 29.0 Å². The predicted molar refractivity (Wildman–Crippen MR) is 154 cm³/mol. The van der Waals surface area contributed by atoms with Crippen LogP contribution >= 0.6 is 11.6 Å². The minimum atomic E-state index is -0.196. The monoisotopic (exact) mass is 536 g/mol. The van der Waals surface area contributed by atoms with Crippen molar-refractivity contribution in [1.82, 2.24) is 14.5 Å². The maximum Gasteiger partial charge on any atom is 0.258 e. The van der Waals surface area contributed by atoms with Crippen molar-refractivity contribution in [3.63, 3.8) is 0 Å². The molecule has 4 aromatic rings. The summed E-state index contributed by atoms with van der Waals surface area (Å²) in [6.07, 6.45) is 1.73. The van der Waals surface area contributed by atoms with Gasteiger partial charge in [-0.2, -0.15) is 0 Å². The standard InChI is InChI=1S/C29H33ClN4O4/c1-6-34(7-2)12-13-38-21-10-8-20(9-11-21)32-27-17-25-19(18-31-27)14-24(29(35)33(25)3)23-15-22(36-4)16-26(37-5)28(23)30/h8-11,14-18H,6-7,12-13H2,1-5H3,(H,31,32). The molecule has 0 aliphatic carbocycles. The van der Waals surface area contributed by atoms with Crippen LogP contribution in [0.25, 0.3) is 22.0 Å². The lowest BCUT2D eigenvalue weighted by Crippen LogP contribution is -2.27. The third-order valence-electron chi connectivity index (χ3n) is 6.56. The van der Waals surface area contributed by atoms with E-state index in [9.17, 15) is 4.79 Å². The van der Waals surface area contributed by atoms with Gasteiger partial charge in [0, 0.05) is 54.1 Å². The maximum atomic E-state index is 13.4. The quantitative estimate of drug-likeness (QED) is 0.262. The number of hydrogen-bond donors (Lipinski definition) is 1. The SMILES string of the molecule is CCN(CC)CCOc1ccc(Nc2cc3c(cn2)cc(-c2cc(OC)cc(OC)c2Cl)c(=O)n3C)cc1. The number of likely N-dealkylation sites (N-methyl/N-ethyl adjacent to an activating group) is 1. The van der Waals surface area contributed by atoms with Crippen LogP contribution in [0, 0.1) is 0 Å². The number of anilines is 2. The topological polar surface area (TPSA) is 77.9 Å². The zero-order valence-corrected chi connectivity index (χ0v) is 23.1. The number of ether oxygens (including phenoxy) is 3. The molecule has 0 aliphatic heterocycles. The summed E-state index contributed by atoms with van der Waals surface area (Å²) in [7, 11) is 4.81. The highest BCUT2D eigenvalue weighted by atomic mass is 35.5. The highest BCUT2D eigenvalue weighted by Gasteiger charge is 2.17. The molecule has 2 aromatic carbocycles. The number of rotatable bonds is 11. The van der Waals surface area contributed by atoms with Gasteiger partial charge >= 0.3 is 0 Å². The van der Waals surface area contributed by atoms with Gasteiger partial charge in [0.1, 0.15) is 29.7 Å².